The summed E-state index contributed by atoms with van der Waals surface area (Å²) in [6, 6.07) is 13.1. The van der Waals surface area contributed by atoms with Gasteiger partial charge in [-0.15, -0.1) is 0 Å². The van der Waals surface area contributed by atoms with Gasteiger partial charge in [0.15, 0.2) is 0 Å². The molecule has 3 nitrogen and oxygen atoms in total. The van der Waals surface area contributed by atoms with Crippen LogP contribution in [0, 0.1) is 5.82 Å². The van der Waals surface area contributed by atoms with Crippen LogP contribution in [0.3, 0.4) is 0 Å². The molecule has 3 rings (SSSR count). The lowest BCUT2D eigenvalue weighted by Gasteiger charge is -2.27. The summed E-state index contributed by atoms with van der Waals surface area (Å²) >= 11 is 0. The van der Waals surface area contributed by atoms with Crippen LogP contribution < -0.4 is 10.1 Å². The zero-order chi connectivity index (χ0) is 16.1. The summed E-state index contributed by atoms with van der Waals surface area (Å²) in [6.07, 6.45) is 3.14. The second-order valence-electron chi connectivity index (χ2n) is 5.85. The van der Waals surface area contributed by atoms with E-state index in [4.69, 9.17) is 9.84 Å². The summed E-state index contributed by atoms with van der Waals surface area (Å²) in [5.74, 6) is 0.605. The van der Waals surface area contributed by atoms with Crippen LogP contribution >= 0.6 is 0 Å². The van der Waals surface area contributed by atoms with E-state index in [1.165, 1.54) is 5.56 Å². The van der Waals surface area contributed by atoms with Crippen molar-refractivity contribution in [3.63, 3.8) is 0 Å². The highest BCUT2D eigenvalue weighted by atomic mass is 19.1. The Balaban J connectivity index is 1.71. The molecule has 0 spiro atoms. The Labute approximate surface area is 136 Å². The number of hydrogen-bond donors (Lipinski definition) is 2. The average molecular weight is 315 g/mol. The first kappa shape index (κ1) is 16.0. The first-order chi connectivity index (χ1) is 11.3. The van der Waals surface area contributed by atoms with Gasteiger partial charge in [0, 0.05) is 18.2 Å². The minimum atomic E-state index is -0.177. The van der Waals surface area contributed by atoms with E-state index in [1.54, 1.807) is 12.1 Å². The highest BCUT2D eigenvalue weighted by Crippen LogP contribution is 2.31. The fourth-order valence-electron chi connectivity index (χ4n) is 3.16. The van der Waals surface area contributed by atoms with Crippen LogP contribution in [0.25, 0.3) is 0 Å². The standard InChI is InChI=1S/C19H22FNO2/c20-16-9-8-14-5-3-6-18(17(14)12-16)21-13-15-4-1-2-7-19(15)23-11-10-22/h1-2,4,7-9,12,18,21-22H,3,5-6,10-11,13H2. The molecule has 0 saturated heterocycles. The molecular weight excluding hydrogens is 293 g/mol. The number of nitrogens with one attached hydrogen (secondary N) is 1. The second kappa shape index (κ2) is 7.57. The van der Waals surface area contributed by atoms with Crippen molar-refractivity contribution in [2.45, 2.75) is 31.8 Å². The van der Waals surface area contributed by atoms with Crippen molar-refractivity contribution in [2.75, 3.05) is 13.2 Å². The normalized spacial score (nSPS) is 16.9. The molecule has 2 N–H and O–H groups in total. The van der Waals surface area contributed by atoms with Gasteiger partial charge in [-0.2, -0.15) is 0 Å². The monoisotopic (exact) mass is 315 g/mol. The molecule has 0 saturated carbocycles. The molecule has 122 valence electrons. The first-order valence-corrected chi connectivity index (χ1v) is 8.11. The van der Waals surface area contributed by atoms with Gasteiger partial charge < -0.3 is 15.2 Å². The molecule has 0 amide bonds. The third kappa shape index (κ3) is 3.89. The van der Waals surface area contributed by atoms with Gasteiger partial charge in [-0.3, -0.25) is 0 Å². The van der Waals surface area contributed by atoms with Crippen molar-refractivity contribution >= 4 is 0 Å². The lowest BCUT2D eigenvalue weighted by molar-refractivity contribution is 0.200. The quantitative estimate of drug-likeness (QED) is 0.859. The van der Waals surface area contributed by atoms with E-state index in [0.717, 1.165) is 36.1 Å². The van der Waals surface area contributed by atoms with Crippen LogP contribution in [0.1, 0.15) is 35.6 Å². The first-order valence-electron chi connectivity index (χ1n) is 8.11. The molecule has 1 atom stereocenters. The molecule has 0 aliphatic heterocycles. The topological polar surface area (TPSA) is 41.5 Å². The van der Waals surface area contributed by atoms with Crippen molar-refractivity contribution in [3.8, 4) is 5.75 Å². The van der Waals surface area contributed by atoms with Gasteiger partial charge in [0.1, 0.15) is 18.2 Å². The molecule has 0 bridgehead atoms. The fourth-order valence-corrected chi connectivity index (χ4v) is 3.16. The highest BCUT2D eigenvalue weighted by Gasteiger charge is 2.20. The molecule has 0 aromatic heterocycles. The number of halogens is 1. The number of aliphatic hydroxyl groups excluding tert-OH is 1. The molecule has 1 aliphatic carbocycles. The van der Waals surface area contributed by atoms with Crippen molar-refractivity contribution in [2.24, 2.45) is 0 Å². The number of benzene rings is 2. The third-order valence-electron chi connectivity index (χ3n) is 4.28. The molecule has 4 heteroatoms. The number of rotatable bonds is 6. The van der Waals surface area contributed by atoms with Gasteiger partial charge >= 0.3 is 0 Å². The predicted molar refractivity (Wildman–Crippen MR) is 87.9 cm³/mol. The maximum Gasteiger partial charge on any atom is 0.123 e. The van der Waals surface area contributed by atoms with Gasteiger partial charge in [-0.1, -0.05) is 24.3 Å². The van der Waals surface area contributed by atoms with E-state index in [1.807, 2.05) is 30.3 Å². The van der Waals surface area contributed by atoms with Crippen LogP contribution in [0.5, 0.6) is 5.75 Å². The molecule has 0 heterocycles. The second-order valence-corrected chi connectivity index (χ2v) is 5.85. The Morgan fingerprint density at radius 3 is 2.96 bits per heavy atom. The number of fused-ring (bicyclic) bond motifs is 1. The van der Waals surface area contributed by atoms with Crippen LogP contribution in [0.2, 0.25) is 0 Å². The minimum Gasteiger partial charge on any atom is -0.491 e. The van der Waals surface area contributed by atoms with Crippen molar-refractivity contribution in [1.82, 2.24) is 5.32 Å². The van der Waals surface area contributed by atoms with E-state index < -0.39 is 0 Å². The molecule has 0 fully saturated rings. The van der Waals surface area contributed by atoms with Crippen molar-refractivity contribution in [3.05, 3.63) is 65.0 Å². The molecule has 2 aromatic carbocycles. The summed E-state index contributed by atoms with van der Waals surface area (Å²) in [5, 5.41) is 12.4. The van der Waals surface area contributed by atoms with Crippen LogP contribution in [0.15, 0.2) is 42.5 Å². The summed E-state index contributed by atoms with van der Waals surface area (Å²) in [6.45, 7) is 0.938. The SMILES string of the molecule is OCCOc1ccccc1CNC1CCCc2ccc(F)cc21. The van der Waals surface area contributed by atoms with Gasteiger partial charge in [-0.05, 0) is 48.6 Å². The molecule has 0 radical (unpaired) electrons. The molecule has 1 aliphatic rings. The summed E-state index contributed by atoms with van der Waals surface area (Å²) in [7, 11) is 0. The van der Waals surface area contributed by atoms with Gasteiger partial charge in [0.2, 0.25) is 0 Å². The average Bonchev–Trinajstić information content (AvgIpc) is 2.59. The molecule has 1 unspecified atom stereocenters. The van der Waals surface area contributed by atoms with E-state index in [0.29, 0.717) is 6.54 Å². The van der Waals surface area contributed by atoms with Gasteiger partial charge in [0.25, 0.3) is 0 Å². The van der Waals surface area contributed by atoms with E-state index in [2.05, 4.69) is 5.32 Å². The highest BCUT2D eigenvalue weighted by molar-refractivity contribution is 5.35. The zero-order valence-electron chi connectivity index (χ0n) is 13.1. The fraction of sp³-hybridized carbons (Fsp3) is 0.368. The maximum atomic E-state index is 13.6. The Morgan fingerprint density at radius 1 is 1.22 bits per heavy atom. The Hall–Kier alpha value is -1.91. The van der Waals surface area contributed by atoms with Crippen LogP contribution in [-0.2, 0) is 13.0 Å². The van der Waals surface area contributed by atoms with Crippen LogP contribution in [-0.4, -0.2) is 18.3 Å². The Kier molecular flexibility index (Phi) is 5.26. The lowest BCUT2D eigenvalue weighted by Crippen LogP contribution is -2.25. The number of aliphatic hydroxyl groups is 1. The van der Waals surface area contributed by atoms with Crippen molar-refractivity contribution in [1.29, 1.82) is 0 Å². The smallest absolute Gasteiger partial charge is 0.123 e. The maximum absolute atomic E-state index is 13.6. The zero-order valence-corrected chi connectivity index (χ0v) is 13.1. The van der Waals surface area contributed by atoms with Gasteiger partial charge in [0.05, 0.1) is 6.61 Å². The van der Waals surface area contributed by atoms with E-state index in [9.17, 15) is 4.39 Å². The number of para-hydroxylation sites is 1. The summed E-state index contributed by atoms with van der Waals surface area (Å²) in [4.78, 5) is 0. The molecule has 23 heavy (non-hydrogen) atoms. The van der Waals surface area contributed by atoms with E-state index in [-0.39, 0.29) is 25.1 Å². The largest absolute Gasteiger partial charge is 0.491 e. The third-order valence-corrected chi connectivity index (χ3v) is 4.28. The van der Waals surface area contributed by atoms with E-state index >= 15 is 0 Å². The molecule has 2 aromatic rings. The summed E-state index contributed by atoms with van der Waals surface area (Å²) in [5.41, 5.74) is 3.36. The van der Waals surface area contributed by atoms with Gasteiger partial charge in [-0.25, -0.2) is 4.39 Å². The summed E-state index contributed by atoms with van der Waals surface area (Å²) < 4.78 is 19.1. The Morgan fingerprint density at radius 2 is 2.09 bits per heavy atom. The van der Waals surface area contributed by atoms with Crippen molar-refractivity contribution < 1.29 is 14.2 Å². The number of aryl methyl sites for hydroxylation is 1. The van der Waals surface area contributed by atoms with Crippen LogP contribution in [0.4, 0.5) is 4.39 Å². The minimum absolute atomic E-state index is 0.00294. The number of hydrogen-bond acceptors (Lipinski definition) is 3. The molecular formula is C19H22FNO2. The predicted octanol–water partition coefficient (Wildman–Crippen LogP) is 3.36. The Bertz CT molecular complexity index is 660. The lowest BCUT2D eigenvalue weighted by atomic mass is 9.87. The number of ether oxygens (including phenoxy) is 1.